The van der Waals surface area contributed by atoms with Gasteiger partial charge in [-0.1, -0.05) is 18.2 Å². The average molecular weight is 504 g/mol. The number of rotatable bonds is 7. The van der Waals surface area contributed by atoms with Crippen molar-refractivity contribution in [2.45, 2.75) is 38.6 Å². The lowest BCUT2D eigenvalue weighted by atomic mass is 10.1. The van der Waals surface area contributed by atoms with Crippen LogP contribution in [0.4, 0.5) is 11.4 Å². The van der Waals surface area contributed by atoms with Crippen molar-refractivity contribution in [3.63, 3.8) is 0 Å². The van der Waals surface area contributed by atoms with Gasteiger partial charge in [0, 0.05) is 29.9 Å². The van der Waals surface area contributed by atoms with Crippen LogP contribution in [0, 0.1) is 17.0 Å². The zero-order valence-corrected chi connectivity index (χ0v) is 20.6. The fourth-order valence-electron chi connectivity index (χ4n) is 5.02. The van der Waals surface area contributed by atoms with Crippen molar-refractivity contribution >= 4 is 34.2 Å². The Labute approximate surface area is 214 Å². The van der Waals surface area contributed by atoms with E-state index in [-0.39, 0.29) is 24.2 Å². The molecule has 10 nitrogen and oxygen atoms in total. The molecular formula is C27H29N5O5. The van der Waals surface area contributed by atoms with E-state index in [9.17, 15) is 19.7 Å². The number of hydrogen-bond donors (Lipinski definition) is 2. The van der Waals surface area contributed by atoms with Gasteiger partial charge >= 0.3 is 0 Å². The normalized spacial score (nSPS) is 18.0. The number of nitrogens with zero attached hydrogens (tertiary/aromatic N) is 3. The number of benzene rings is 2. The van der Waals surface area contributed by atoms with Crippen LogP contribution >= 0.6 is 0 Å². The lowest BCUT2D eigenvalue weighted by molar-refractivity contribution is -0.403. The molecule has 2 aromatic carbocycles. The van der Waals surface area contributed by atoms with E-state index in [0.717, 1.165) is 35.8 Å². The molecule has 37 heavy (non-hydrogen) atoms. The van der Waals surface area contributed by atoms with Gasteiger partial charge in [-0.2, -0.15) is 0 Å². The second kappa shape index (κ2) is 10.3. The predicted molar refractivity (Wildman–Crippen MR) is 140 cm³/mol. The van der Waals surface area contributed by atoms with Crippen LogP contribution in [0.3, 0.4) is 0 Å². The Bertz CT molecular complexity index is 1370. The number of nitro groups is 1. The summed E-state index contributed by atoms with van der Waals surface area (Å²) in [5.41, 5.74) is 2.99. The van der Waals surface area contributed by atoms with Gasteiger partial charge < -0.3 is 24.9 Å². The van der Waals surface area contributed by atoms with Crippen LogP contribution in [0.25, 0.3) is 11.0 Å². The molecule has 1 fully saturated rings. The van der Waals surface area contributed by atoms with Gasteiger partial charge in [0.25, 0.3) is 6.20 Å². The fraction of sp³-hybridized carbons (Fsp3) is 0.333. The zero-order chi connectivity index (χ0) is 25.9. The molecule has 3 aromatic rings. The summed E-state index contributed by atoms with van der Waals surface area (Å²) in [6.45, 7) is 3.18. The van der Waals surface area contributed by atoms with Crippen molar-refractivity contribution in [3.8, 4) is 0 Å². The van der Waals surface area contributed by atoms with Crippen molar-refractivity contribution in [1.82, 2.24) is 10.2 Å². The quantitative estimate of drug-likeness (QED) is 0.372. The summed E-state index contributed by atoms with van der Waals surface area (Å²) in [6, 6.07) is 14.0. The third kappa shape index (κ3) is 5.42. The average Bonchev–Trinajstić information content (AvgIpc) is 3.51. The molecule has 1 atom stereocenters. The summed E-state index contributed by atoms with van der Waals surface area (Å²) in [4.78, 5) is 40.9. The topological polar surface area (TPSA) is 121 Å². The van der Waals surface area contributed by atoms with Crippen molar-refractivity contribution in [2.24, 2.45) is 0 Å². The summed E-state index contributed by atoms with van der Waals surface area (Å²) in [5, 5.41) is 18.4. The number of aryl methyl sites for hydroxylation is 2. The zero-order valence-electron chi connectivity index (χ0n) is 20.6. The Kier molecular flexibility index (Phi) is 6.80. The minimum absolute atomic E-state index is 0.0632. The van der Waals surface area contributed by atoms with Crippen molar-refractivity contribution in [3.05, 3.63) is 82.0 Å². The number of carbonyl (C=O) groups excluding carboxylic acids is 2. The number of furan rings is 1. The van der Waals surface area contributed by atoms with E-state index in [1.54, 1.807) is 17.0 Å². The van der Waals surface area contributed by atoms with E-state index < -0.39 is 11.0 Å². The molecule has 0 radical (unpaired) electrons. The first-order chi connectivity index (χ1) is 17.9. The van der Waals surface area contributed by atoms with E-state index in [1.165, 1.54) is 4.90 Å². The number of amides is 2. The highest BCUT2D eigenvalue weighted by molar-refractivity contribution is 6.03. The molecule has 1 aromatic heterocycles. The van der Waals surface area contributed by atoms with E-state index in [1.807, 2.05) is 43.3 Å². The number of anilines is 2. The van der Waals surface area contributed by atoms with Gasteiger partial charge in [0.2, 0.25) is 11.8 Å². The molecular weight excluding hydrogens is 474 g/mol. The monoisotopic (exact) mass is 503 g/mol. The number of carbonyl (C=O) groups is 2. The number of likely N-dealkylation sites (tertiary alicyclic amines) is 1. The first-order valence-corrected chi connectivity index (χ1v) is 12.4. The molecule has 0 saturated carbocycles. The molecule has 0 aliphatic carbocycles. The van der Waals surface area contributed by atoms with E-state index in [2.05, 4.69) is 10.6 Å². The predicted octanol–water partition coefficient (Wildman–Crippen LogP) is 3.79. The van der Waals surface area contributed by atoms with Gasteiger partial charge in [0.1, 0.15) is 23.9 Å². The van der Waals surface area contributed by atoms with Crippen LogP contribution in [0.2, 0.25) is 0 Å². The Hall–Kier alpha value is -4.34. The summed E-state index contributed by atoms with van der Waals surface area (Å²) in [5.74, 6) is 0.455. The van der Waals surface area contributed by atoms with Crippen LogP contribution in [0.1, 0.15) is 30.6 Å². The Morgan fingerprint density at radius 1 is 1.19 bits per heavy atom. The minimum Gasteiger partial charge on any atom is -0.461 e. The second-order valence-corrected chi connectivity index (χ2v) is 9.44. The first-order valence-electron chi connectivity index (χ1n) is 12.4. The van der Waals surface area contributed by atoms with Crippen LogP contribution in [-0.4, -0.2) is 47.3 Å². The maximum absolute atomic E-state index is 13.8. The number of hydrogen-bond acceptors (Lipinski definition) is 7. The third-order valence-corrected chi connectivity index (χ3v) is 6.78. The molecule has 2 amide bonds. The van der Waals surface area contributed by atoms with Crippen LogP contribution in [-0.2, 0) is 16.0 Å². The molecule has 2 N–H and O–H groups in total. The van der Waals surface area contributed by atoms with Gasteiger partial charge in [0.15, 0.2) is 5.82 Å². The Morgan fingerprint density at radius 2 is 1.97 bits per heavy atom. The van der Waals surface area contributed by atoms with Crippen LogP contribution < -0.4 is 15.5 Å². The summed E-state index contributed by atoms with van der Waals surface area (Å²) in [7, 11) is 0. The van der Waals surface area contributed by atoms with Gasteiger partial charge in [0.05, 0.1) is 4.92 Å². The maximum Gasteiger partial charge on any atom is 0.274 e. The summed E-state index contributed by atoms with van der Waals surface area (Å²) >= 11 is 0. The summed E-state index contributed by atoms with van der Waals surface area (Å²) in [6.07, 6.45) is 3.74. The minimum atomic E-state index is -0.766. The summed E-state index contributed by atoms with van der Waals surface area (Å²) < 4.78 is 5.61. The van der Waals surface area contributed by atoms with Crippen molar-refractivity contribution in [2.75, 3.05) is 29.9 Å². The van der Waals surface area contributed by atoms with Gasteiger partial charge in [-0.3, -0.25) is 19.7 Å². The molecule has 192 valence electrons. The fourth-order valence-corrected chi connectivity index (χ4v) is 5.02. The molecule has 1 saturated heterocycles. The second-order valence-electron chi connectivity index (χ2n) is 9.44. The van der Waals surface area contributed by atoms with E-state index in [0.29, 0.717) is 42.9 Å². The molecule has 0 bridgehead atoms. The maximum atomic E-state index is 13.8. The molecule has 2 aliphatic rings. The molecule has 5 rings (SSSR count). The smallest absolute Gasteiger partial charge is 0.274 e. The molecule has 0 spiro atoms. The van der Waals surface area contributed by atoms with Crippen molar-refractivity contribution in [1.29, 1.82) is 0 Å². The molecule has 3 heterocycles. The largest absolute Gasteiger partial charge is 0.461 e. The lowest BCUT2D eigenvalue weighted by Gasteiger charge is -2.28. The standard InChI is InChI=1S/C27H29N5O5/c1-18-14-20-15-21(9-11-24(20)37-18)28-25(16-32(35)36)29-22-10-8-19-6-2-3-7-23(19)31(27(22)34)17-26(33)30-12-4-5-13-30/h2-3,6-7,9,11,14-16,22,28-29H,4-5,8,10,12-13,17H2,1H3. The van der Waals surface area contributed by atoms with Gasteiger partial charge in [-0.25, -0.2) is 0 Å². The van der Waals surface area contributed by atoms with Gasteiger partial charge in [-0.15, -0.1) is 0 Å². The highest BCUT2D eigenvalue weighted by atomic mass is 16.6. The Morgan fingerprint density at radius 3 is 2.76 bits per heavy atom. The number of fused-ring (bicyclic) bond motifs is 2. The molecule has 10 heteroatoms. The highest BCUT2D eigenvalue weighted by Crippen LogP contribution is 2.28. The third-order valence-electron chi connectivity index (χ3n) is 6.78. The van der Waals surface area contributed by atoms with Crippen molar-refractivity contribution < 1.29 is 18.9 Å². The van der Waals surface area contributed by atoms with Gasteiger partial charge in [-0.05, 0) is 68.5 Å². The highest BCUT2D eigenvalue weighted by Gasteiger charge is 2.33. The SMILES string of the molecule is Cc1cc2cc(NC(=C[N+](=O)[O-])NC3CCc4ccccc4N(CC(=O)N4CCCC4)C3=O)ccc2o1. The molecule has 1 unspecified atom stereocenters. The van der Waals surface area contributed by atoms with Crippen LogP contribution in [0.5, 0.6) is 0 Å². The molecule has 2 aliphatic heterocycles. The number of nitrogens with one attached hydrogen (secondary N) is 2. The van der Waals surface area contributed by atoms with Crippen LogP contribution in [0.15, 0.2) is 65.0 Å². The Balaban J connectivity index is 1.39. The van der Waals surface area contributed by atoms with E-state index >= 15 is 0 Å². The number of para-hydroxylation sites is 1. The van der Waals surface area contributed by atoms with E-state index in [4.69, 9.17) is 4.42 Å². The first kappa shape index (κ1) is 24.4. The lowest BCUT2D eigenvalue weighted by Crippen LogP contribution is -2.50.